The number of aromatic nitrogens is 4. The van der Waals surface area contributed by atoms with Crippen LogP contribution in [0.1, 0.15) is 38.4 Å². The van der Waals surface area contributed by atoms with Crippen LogP contribution in [0.2, 0.25) is 0 Å². The molecule has 192 valence electrons. The summed E-state index contributed by atoms with van der Waals surface area (Å²) in [5, 5.41) is 17.6. The van der Waals surface area contributed by atoms with Crippen molar-refractivity contribution in [2.75, 3.05) is 0 Å². The summed E-state index contributed by atoms with van der Waals surface area (Å²) in [4.78, 5) is 18.7. The number of hydrogen-bond donors (Lipinski definition) is 1. The van der Waals surface area contributed by atoms with Crippen molar-refractivity contribution in [3.05, 3.63) is 95.1 Å². The summed E-state index contributed by atoms with van der Waals surface area (Å²) in [5.74, 6) is -1.41. The van der Waals surface area contributed by atoms with Gasteiger partial charge in [-0.25, -0.2) is 14.8 Å². The van der Waals surface area contributed by atoms with E-state index in [1.807, 2.05) is 0 Å². The Morgan fingerprint density at radius 2 is 1.27 bits per heavy atom. The minimum absolute atomic E-state index is 0.0359. The maximum Gasteiger partial charge on any atom is 0.416 e. The molecule has 0 unspecified atom stereocenters. The molecule has 13 heteroatoms. The standard InChI is InChI=1S/C12H8F3N3.C12H9F3N2O2/c1-8-6-18(7-17-8)11-3-9(5-16)2-10(4-11)12(13,14)15;1-7-5-17(6-16-7)10-3-8(11(18)19)2-9(4-10)12(13,14)15/h2-4,6-7H,1H3;2-6H,1H3,(H,18,19). The SMILES string of the molecule is Cc1cn(-c2cc(C#N)cc(C(F)(F)F)c2)cn1.Cc1cn(-c2cc(C(=O)O)cc(C(F)(F)F)c2)cn1. The summed E-state index contributed by atoms with van der Waals surface area (Å²) < 4.78 is 78.9. The second kappa shape index (κ2) is 10.2. The summed E-state index contributed by atoms with van der Waals surface area (Å²) in [6, 6.07) is 7.58. The van der Waals surface area contributed by atoms with Crippen molar-refractivity contribution in [1.29, 1.82) is 5.26 Å². The summed E-state index contributed by atoms with van der Waals surface area (Å²) in [7, 11) is 0. The number of halogens is 6. The van der Waals surface area contributed by atoms with Crippen LogP contribution in [0.25, 0.3) is 11.4 Å². The number of carboxylic acids is 1. The zero-order valence-electron chi connectivity index (χ0n) is 19.1. The molecule has 37 heavy (non-hydrogen) atoms. The molecule has 1 N–H and O–H groups in total. The van der Waals surface area contributed by atoms with Crippen molar-refractivity contribution >= 4 is 5.97 Å². The monoisotopic (exact) mass is 521 g/mol. The molecule has 0 saturated heterocycles. The Morgan fingerprint density at radius 1 is 0.811 bits per heavy atom. The number of aromatic carboxylic acids is 1. The third-order valence-electron chi connectivity index (χ3n) is 4.89. The fourth-order valence-electron chi connectivity index (χ4n) is 3.16. The fourth-order valence-corrected chi connectivity index (χ4v) is 3.16. The zero-order valence-corrected chi connectivity index (χ0v) is 19.1. The summed E-state index contributed by atoms with van der Waals surface area (Å²) >= 11 is 0. The lowest BCUT2D eigenvalue weighted by Gasteiger charge is -2.11. The van der Waals surface area contributed by atoms with E-state index in [2.05, 4.69) is 9.97 Å². The van der Waals surface area contributed by atoms with Crippen molar-refractivity contribution in [2.45, 2.75) is 26.2 Å². The Labute approximate surface area is 205 Å². The van der Waals surface area contributed by atoms with Gasteiger partial charge in [-0.2, -0.15) is 31.6 Å². The molecule has 7 nitrogen and oxygen atoms in total. The molecule has 4 rings (SSSR count). The van der Waals surface area contributed by atoms with Crippen molar-refractivity contribution in [1.82, 2.24) is 19.1 Å². The maximum atomic E-state index is 12.7. The minimum Gasteiger partial charge on any atom is -0.478 e. The normalized spacial score (nSPS) is 11.4. The number of imidazole rings is 2. The first-order chi connectivity index (χ1) is 17.2. The molecule has 0 bridgehead atoms. The molecule has 0 radical (unpaired) electrons. The molecule has 0 fully saturated rings. The van der Waals surface area contributed by atoms with E-state index in [1.54, 1.807) is 26.1 Å². The number of hydrogen-bond acceptors (Lipinski definition) is 4. The highest BCUT2D eigenvalue weighted by Crippen LogP contribution is 2.32. The second-order valence-electron chi connectivity index (χ2n) is 7.79. The smallest absolute Gasteiger partial charge is 0.416 e. The first-order valence-corrected chi connectivity index (χ1v) is 10.3. The van der Waals surface area contributed by atoms with E-state index in [0.717, 1.165) is 18.2 Å². The van der Waals surface area contributed by atoms with Gasteiger partial charge in [0.2, 0.25) is 0 Å². The van der Waals surface area contributed by atoms with Gasteiger partial charge in [-0.3, -0.25) is 0 Å². The molecule has 2 aromatic carbocycles. The van der Waals surface area contributed by atoms with Crippen LogP contribution in [0.15, 0.2) is 61.4 Å². The van der Waals surface area contributed by atoms with Crippen LogP contribution in [0, 0.1) is 25.2 Å². The molecule has 4 aromatic rings. The van der Waals surface area contributed by atoms with Crippen molar-refractivity contribution in [3.63, 3.8) is 0 Å². The molecule has 0 aliphatic rings. The predicted octanol–water partition coefficient (Wildman–Crippen LogP) is 5.97. The predicted molar refractivity (Wildman–Crippen MR) is 118 cm³/mol. The van der Waals surface area contributed by atoms with Gasteiger partial charge in [0.1, 0.15) is 0 Å². The number of nitriles is 1. The Bertz CT molecular complexity index is 1480. The minimum atomic E-state index is -4.60. The number of carbonyl (C=O) groups is 1. The lowest BCUT2D eigenvalue weighted by atomic mass is 10.1. The molecular formula is C24H17F6N5O2. The second-order valence-corrected chi connectivity index (χ2v) is 7.79. The average Bonchev–Trinajstić information content (AvgIpc) is 3.46. The highest BCUT2D eigenvalue weighted by atomic mass is 19.4. The molecule has 0 amide bonds. The van der Waals surface area contributed by atoms with E-state index in [4.69, 9.17) is 10.4 Å². The van der Waals surface area contributed by atoms with E-state index in [-0.39, 0.29) is 16.9 Å². The third-order valence-corrected chi connectivity index (χ3v) is 4.89. The summed E-state index contributed by atoms with van der Waals surface area (Å²) in [5.41, 5.74) is -0.631. The quantitative estimate of drug-likeness (QED) is 0.335. The number of nitrogens with zero attached hydrogens (tertiary/aromatic N) is 5. The van der Waals surface area contributed by atoms with Crippen LogP contribution in [0.5, 0.6) is 0 Å². The number of rotatable bonds is 3. The van der Waals surface area contributed by atoms with Crippen LogP contribution in [-0.4, -0.2) is 30.2 Å². The van der Waals surface area contributed by atoms with E-state index in [9.17, 15) is 31.1 Å². The first kappa shape index (κ1) is 27.0. The molecule has 2 aromatic heterocycles. The van der Waals surface area contributed by atoms with Crippen LogP contribution >= 0.6 is 0 Å². The molecule has 0 saturated carbocycles. The Morgan fingerprint density at radius 3 is 1.65 bits per heavy atom. The van der Waals surface area contributed by atoms with Crippen LogP contribution in [0.4, 0.5) is 26.3 Å². The van der Waals surface area contributed by atoms with Crippen molar-refractivity contribution in [3.8, 4) is 17.4 Å². The Hall–Kier alpha value is -4.60. The van der Waals surface area contributed by atoms with Gasteiger partial charge >= 0.3 is 18.3 Å². The summed E-state index contributed by atoms with van der Waals surface area (Å²) in [6.07, 6.45) is -3.23. The van der Waals surface area contributed by atoms with E-state index >= 15 is 0 Å². The molecule has 2 heterocycles. The number of alkyl halides is 6. The summed E-state index contributed by atoms with van der Waals surface area (Å²) in [6.45, 7) is 3.41. The van der Waals surface area contributed by atoms with Crippen LogP contribution in [0.3, 0.4) is 0 Å². The zero-order chi connectivity index (χ0) is 27.5. The topological polar surface area (TPSA) is 96.7 Å². The van der Waals surface area contributed by atoms with Gasteiger partial charge < -0.3 is 14.2 Å². The largest absolute Gasteiger partial charge is 0.478 e. The van der Waals surface area contributed by atoms with Crippen LogP contribution in [-0.2, 0) is 12.4 Å². The number of aryl methyl sites for hydroxylation is 2. The van der Waals surface area contributed by atoms with Gasteiger partial charge in [-0.05, 0) is 50.2 Å². The van der Waals surface area contributed by atoms with Gasteiger partial charge in [0.05, 0.1) is 52.4 Å². The van der Waals surface area contributed by atoms with E-state index in [0.29, 0.717) is 17.5 Å². The van der Waals surface area contributed by atoms with Gasteiger partial charge in [0, 0.05) is 23.8 Å². The van der Waals surface area contributed by atoms with Gasteiger partial charge in [-0.15, -0.1) is 0 Å². The number of benzene rings is 2. The molecule has 0 aliphatic carbocycles. The highest BCUT2D eigenvalue weighted by Gasteiger charge is 2.32. The van der Waals surface area contributed by atoms with E-state index in [1.165, 1.54) is 40.1 Å². The fraction of sp³-hybridized carbons (Fsp3) is 0.167. The van der Waals surface area contributed by atoms with Crippen molar-refractivity contribution in [2.24, 2.45) is 0 Å². The lowest BCUT2D eigenvalue weighted by Crippen LogP contribution is -2.09. The molecular weight excluding hydrogens is 504 g/mol. The van der Waals surface area contributed by atoms with E-state index < -0.39 is 35.0 Å². The Kier molecular flexibility index (Phi) is 7.42. The average molecular weight is 521 g/mol. The van der Waals surface area contributed by atoms with Crippen molar-refractivity contribution < 1.29 is 36.2 Å². The Balaban J connectivity index is 0.000000206. The number of carboxylic acid groups (broad SMARTS) is 1. The van der Waals surface area contributed by atoms with Gasteiger partial charge in [0.25, 0.3) is 0 Å². The molecule has 0 aliphatic heterocycles. The third kappa shape index (κ3) is 6.75. The molecule has 0 atom stereocenters. The lowest BCUT2D eigenvalue weighted by molar-refractivity contribution is -0.138. The maximum absolute atomic E-state index is 12.7. The van der Waals surface area contributed by atoms with Crippen LogP contribution < -0.4 is 0 Å². The molecule has 0 spiro atoms. The first-order valence-electron chi connectivity index (χ1n) is 10.3. The highest BCUT2D eigenvalue weighted by molar-refractivity contribution is 5.88. The van der Waals surface area contributed by atoms with Gasteiger partial charge in [0.15, 0.2) is 0 Å². The van der Waals surface area contributed by atoms with Gasteiger partial charge in [-0.1, -0.05) is 0 Å².